The molecule has 3 fully saturated rings. The quantitative estimate of drug-likeness (QED) is 0.395. The number of aliphatic hydroxyl groups is 1. The Hall–Kier alpha value is -3.60. The molecule has 3 aromatic heterocycles. The van der Waals surface area contributed by atoms with Crippen molar-refractivity contribution in [3.63, 3.8) is 0 Å². The van der Waals surface area contributed by atoms with E-state index in [1.807, 2.05) is 6.07 Å². The number of nitrogens with one attached hydrogen (secondary N) is 1. The van der Waals surface area contributed by atoms with E-state index >= 15 is 0 Å². The Labute approximate surface area is 245 Å². The topological polar surface area (TPSA) is 110 Å². The van der Waals surface area contributed by atoms with Crippen molar-refractivity contribution >= 4 is 17.0 Å². The minimum Gasteiger partial charge on any atom is -0.379 e. The Balaban J connectivity index is 1.13. The van der Waals surface area contributed by atoms with Crippen molar-refractivity contribution in [3.8, 4) is 5.82 Å². The van der Waals surface area contributed by atoms with Crippen molar-refractivity contribution in [3.05, 3.63) is 77.0 Å². The third-order valence-corrected chi connectivity index (χ3v) is 9.58. The van der Waals surface area contributed by atoms with Crippen LogP contribution in [-0.2, 0) is 16.9 Å². The predicted octanol–water partition coefficient (Wildman–Crippen LogP) is 3.76. The Morgan fingerprint density at radius 1 is 1.19 bits per heavy atom. The van der Waals surface area contributed by atoms with E-state index in [-0.39, 0.29) is 25.3 Å². The highest BCUT2D eigenvalue weighted by molar-refractivity contribution is 5.76. The number of hydrogen-bond acceptors (Lipinski definition) is 8. The molecule has 5 heterocycles. The number of pyridine rings is 1. The van der Waals surface area contributed by atoms with E-state index in [1.165, 1.54) is 49.9 Å². The summed E-state index contributed by atoms with van der Waals surface area (Å²) in [4.78, 5) is 30.0. The Morgan fingerprint density at radius 2 is 2.00 bits per heavy atom. The van der Waals surface area contributed by atoms with Crippen LogP contribution < -0.4 is 10.9 Å². The van der Waals surface area contributed by atoms with E-state index in [1.54, 1.807) is 29.1 Å². The number of ether oxygens (including phenoxy) is 1. The lowest BCUT2D eigenvalue weighted by molar-refractivity contribution is -0.186. The zero-order valence-corrected chi connectivity index (χ0v) is 24.2. The molecule has 2 unspecified atom stereocenters. The molecule has 42 heavy (non-hydrogen) atoms. The summed E-state index contributed by atoms with van der Waals surface area (Å²) in [6.45, 7) is 9.35. The highest BCUT2D eigenvalue weighted by Crippen LogP contribution is 2.39. The Bertz CT molecular complexity index is 1610. The molecule has 0 spiro atoms. The summed E-state index contributed by atoms with van der Waals surface area (Å²) in [6.07, 6.45) is 16.6. The summed E-state index contributed by atoms with van der Waals surface area (Å²) in [5.41, 5.74) is 0.525. The van der Waals surface area contributed by atoms with Gasteiger partial charge in [-0.3, -0.25) is 4.79 Å². The zero-order chi connectivity index (χ0) is 28.8. The predicted molar refractivity (Wildman–Crippen MR) is 161 cm³/mol. The molecule has 1 saturated carbocycles. The number of fused-ring (bicyclic) bond motifs is 1. The Morgan fingerprint density at radius 3 is 2.67 bits per heavy atom. The molecule has 2 N–H and O–H groups in total. The fraction of sp³-hybridized carbons (Fsp3) is 0.500. The maximum atomic E-state index is 13.3. The molecule has 10 heteroatoms. The highest BCUT2D eigenvalue weighted by atomic mass is 16.5. The lowest BCUT2D eigenvalue weighted by Gasteiger charge is -2.43. The fourth-order valence-corrected chi connectivity index (χ4v) is 7.05. The smallest absolute Gasteiger partial charge is 0.278 e. The van der Waals surface area contributed by atoms with Crippen molar-refractivity contribution in [1.82, 2.24) is 29.2 Å². The van der Waals surface area contributed by atoms with Gasteiger partial charge in [0.15, 0.2) is 17.1 Å². The number of hydrogen-bond donors (Lipinski definition) is 2. The zero-order valence-electron chi connectivity index (χ0n) is 24.2. The average molecular weight is 570 g/mol. The number of rotatable bonds is 8. The van der Waals surface area contributed by atoms with E-state index in [2.05, 4.69) is 46.9 Å². The van der Waals surface area contributed by atoms with Crippen LogP contribution in [0.1, 0.15) is 44.7 Å². The summed E-state index contributed by atoms with van der Waals surface area (Å²) in [6, 6.07) is 6.18. The van der Waals surface area contributed by atoms with Crippen molar-refractivity contribution < 1.29 is 9.84 Å². The van der Waals surface area contributed by atoms with Gasteiger partial charge in [-0.1, -0.05) is 31.2 Å². The maximum Gasteiger partial charge on any atom is 0.278 e. The first-order valence-electron chi connectivity index (χ1n) is 15.2. The van der Waals surface area contributed by atoms with Crippen molar-refractivity contribution in [2.24, 2.45) is 17.8 Å². The second-order valence-corrected chi connectivity index (χ2v) is 12.3. The minimum absolute atomic E-state index is 0.188. The van der Waals surface area contributed by atoms with Gasteiger partial charge in [0.1, 0.15) is 5.39 Å². The fourth-order valence-electron chi connectivity index (χ4n) is 7.05. The van der Waals surface area contributed by atoms with Crippen LogP contribution in [0.5, 0.6) is 0 Å². The molecule has 3 aromatic rings. The second kappa shape index (κ2) is 10.9. The molecule has 4 aliphatic rings. The van der Waals surface area contributed by atoms with E-state index in [4.69, 9.17) is 14.7 Å². The number of nitrogens with zero attached hydrogens (tertiary/aromatic N) is 6. The van der Waals surface area contributed by atoms with Gasteiger partial charge in [0.05, 0.1) is 25.5 Å². The molecule has 2 aliphatic carbocycles. The summed E-state index contributed by atoms with van der Waals surface area (Å²) in [5.74, 6) is 2.57. The summed E-state index contributed by atoms with van der Waals surface area (Å²) in [5, 5.41) is 14.6. The van der Waals surface area contributed by atoms with Gasteiger partial charge < -0.3 is 20.1 Å². The van der Waals surface area contributed by atoms with Crippen LogP contribution in [0, 0.1) is 17.8 Å². The van der Waals surface area contributed by atoms with Crippen LogP contribution in [0.15, 0.2) is 65.8 Å². The monoisotopic (exact) mass is 569 g/mol. The largest absolute Gasteiger partial charge is 0.379 e. The van der Waals surface area contributed by atoms with Crippen LogP contribution in [0.3, 0.4) is 0 Å². The Kier molecular flexibility index (Phi) is 7.08. The van der Waals surface area contributed by atoms with Gasteiger partial charge in [0.2, 0.25) is 5.95 Å². The van der Waals surface area contributed by atoms with Crippen molar-refractivity contribution in [1.29, 1.82) is 0 Å². The highest BCUT2D eigenvalue weighted by Gasteiger charge is 2.40. The molecule has 10 nitrogen and oxygen atoms in total. The van der Waals surface area contributed by atoms with Crippen LogP contribution >= 0.6 is 0 Å². The van der Waals surface area contributed by atoms with Crippen LogP contribution in [0.4, 0.5) is 5.95 Å². The molecule has 220 valence electrons. The third kappa shape index (κ3) is 4.81. The molecule has 2 atom stereocenters. The molecule has 7 rings (SSSR count). The number of anilines is 1. The van der Waals surface area contributed by atoms with E-state index in [0.29, 0.717) is 40.3 Å². The third-order valence-electron chi connectivity index (χ3n) is 9.58. The lowest BCUT2D eigenvalue weighted by atomic mass is 9.71. The van der Waals surface area contributed by atoms with Crippen LogP contribution in [-0.4, -0.2) is 66.7 Å². The van der Waals surface area contributed by atoms with Gasteiger partial charge in [-0.2, -0.15) is 4.98 Å². The van der Waals surface area contributed by atoms with Gasteiger partial charge in [-0.05, 0) is 81.2 Å². The minimum atomic E-state index is -1.13. The lowest BCUT2D eigenvalue weighted by Crippen LogP contribution is -2.47. The van der Waals surface area contributed by atoms with E-state index in [0.717, 1.165) is 17.7 Å². The SMILES string of the molecule is C=CCn1c(=O)c2cnc(NC3=CC(C)C([C@H]4CC[C@@H](N5CCC5)CC4)C=C3)nc2n1-c1cccc(C2(O)COC2)n1. The number of likely N-dealkylation sites (tertiary alicyclic amines) is 1. The van der Waals surface area contributed by atoms with Gasteiger partial charge in [0, 0.05) is 17.9 Å². The first kappa shape index (κ1) is 27.2. The average Bonchev–Trinajstić information content (AvgIpc) is 3.22. The van der Waals surface area contributed by atoms with E-state index < -0.39 is 5.60 Å². The maximum absolute atomic E-state index is 13.3. The van der Waals surface area contributed by atoms with Gasteiger partial charge in [0.25, 0.3) is 5.56 Å². The molecular weight excluding hydrogens is 530 g/mol. The van der Waals surface area contributed by atoms with Gasteiger partial charge in [-0.25, -0.2) is 19.3 Å². The van der Waals surface area contributed by atoms with Crippen molar-refractivity contribution in [2.75, 3.05) is 31.6 Å². The summed E-state index contributed by atoms with van der Waals surface area (Å²) < 4.78 is 8.44. The molecule has 0 radical (unpaired) electrons. The molecular formula is C32H39N7O3. The van der Waals surface area contributed by atoms with E-state index in [9.17, 15) is 9.90 Å². The van der Waals surface area contributed by atoms with Gasteiger partial charge in [-0.15, -0.1) is 6.58 Å². The normalized spacial score (nSPS) is 27.2. The first-order valence-corrected chi connectivity index (χ1v) is 15.2. The molecule has 0 amide bonds. The molecule has 2 aliphatic heterocycles. The summed E-state index contributed by atoms with van der Waals surface area (Å²) in [7, 11) is 0. The van der Waals surface area contributed by atoms with Crippen molar-refractivity contribution in [2.45, 2.75) is 57.2 Å². The van der Waals surface area contributed by atoms with Gasteiger partial charge >= 0.3 is 0 Å². The van der Waals surface area contributed by atoms with Crippen LogP contribution in [0.2, 0.25) is 0 Å². The van der Waals surface area contributed by atoms with Crippen LogP contribution in [0.25, 0.3) is 16.9 Å². The number of aromatic nitrogens is 5. The molecule has 2 saturated heterocycles. The standard InChI is InChI=1S/C32H39N7O3/c1-3-14-38-30(40)26-18-33-31(36-29(26)39(38)28-7-4-6-27(35-28)32(41)19-42-20-32)34-23-10-13-25(21(2)17-23)22-8-11-24(12-9-22)37-15-5-16-37/h3-4,6-7,10,13,17-18,21-22,24-25,41H,1,5,8-9,11-12,14-16,19-20H2,2H3,(H,33,34,36)/t21?,22-,24+,25?. The molecule has 0 aromatic carbocycles. The number of allylic oxidation sites excluding steroid dienone is 4. The second-order valence-electron chi connectivity index (χ2n) is 12.3. The molecule has 0 bridgehead atoms. The summed E-state index contributed by atoms with van der Waals surface area (Å²) >= 11 is 0. The first-order chi connectivity index (χ1) is 20.4.